The summed E-state index contributed by atoms with van der Waals surface area (Å²) in [4.78, 5) is 4.24. The van der Waals surface area contributed by atoms with Crippen LogP contribution in [0.5, 0.6) is 0 Å². The van der Waals surface area contributed by atoms with Crippen LogP contribution in [0.3, 0.4) is 0 Å². The monoisotopic (exact) mass is 258 g/mol. The van der Waals surface area contributed by atoms with E-state index in [0.29, 0.717) is 24.2 Å². The Morgan fingerprint density at radius 3 is 3.00 bits per heavy atom. The lowest BCUT2D eigenvalue weighted by atomic mass is 10.1. The molecular formula is C14H15FN4. The topological polar surface area (TPSA) is 53.6 Å². The van der Waals surface area contributed by atoms with Gasteiger partial charge in [-0.05, 0) is 18.7 Å². The van der Waals surface area contributed by atoms with E-state index in [0.717, 1.165) is 12.2 Å². The molecule has 19 heavy (non-hydrogen) atoms. The number of halogens is 1. The molecule has 1 aromatic carbocycles. The van der Waals surface area contributed by atoms with Crippen LogP contribution in [0.2, 0.25) is 0 Å². The van der Waals surface area contributed by atoms with Gasteiger partial charge in [0.15, 0.2) is 0 Å². The second-order valence-electron chi connectivity index (χ2n) is 4.24. The zero-order chi connectivity index (χ0) is 13.7. The molecule has 0 atom stereocenters. The van der Waals surface area contributed by atoms with Crippen molar-refractivity contribution in [3.05, 3.63) is 53.4 Å². The van der Waals surface area contributed by atoms with Gasteiger partial charge in [0.05, 0.1) is 30.2 Å². The molecule has 1 aromatic heterocycles. The van der Waals surface area contributed by atoms with Gasteiger partial charge in [0.25, 0.3) is 0 Å². The minimum absolute atomic E-state index is 0.333. The summed E-state index contributed by atoms with van der Waals surface area (Å²) >= 11 is 0. The molecule has 0 aliphatic carbocycles. The zero-order valence-corrected chi connectivity index (χ0v) is 10.7. The normalized spacial score (nSPS) is 10.4. The highest BCUT2D eigenvalue weighted by molar-refractivity contribution is 5.33. The number of hydrogen-bond acceptors (Lipinski definition) is 3. The van der Waals surface area contributed by atoms with Crippen molar-refractivity contribution in [2.45, 2.75) is 20.0 Å². The van der Waals surface area contributed by atoms with Gasteiger partial charge < -0.3 is 9.88 Å². The molecule has 2 aromatic rings. The SMILES string of the molecule is CCNCc1cn(Cc2ccc(C#N)cc2F)cn1. The first-order chi connectivity index (χ1) is 9.22. The van der Waals surface area contributed by atoms with Gasteiger partial charge in [0.2, 0.25) is 0 Å². The third kappa shape index (κ3) is 3.39. The quantitative estimate of drug-likeness (QED) is 0.893. The molecule has 0 bridgehead atoms. The maximum absolute atomic E-state index is 13.7. The lowest BCUT2D eigenvalue weighted by Crippen LogP contribution is -2.11. The first kappa shape index (κ1) is 13.2. The van der Waals surface area contributed by atoms with Crippen molar-refractivity contribution in [3.8, 4) is 6.07 Å². The highest BCUT2D eigenvalue weighted by Crippen LogP contribution is 2.12. The van der Waals surface area contributed by atoms with Gasteiger partial charge >= 0.3 is 0 Å². The largest absolute Gasteiger partial charge is 0.333 e. The Labute approximate surface area is 111 Å². The molecule has 0 fully saturated rings. The molecule has 0 radical (unpaired) electrons. The summed E-state index contributed by atoms with van der Waals surface area (Å²) in [5.41, 5.74) is 1.81. The molecule has 5 heteroatoms. The Morgan fingerprint density at radius 2 is 2.32 bits per heavy atom. The van der Waals surface area contributed by atoms with Gasteiger partial charge in [-0.15, -0.1) is 0 Å². The van der Waals surface area contributed by atoms with Crippen molar-refractivity contribution in [2.24, 2.45) is 0 Å². The minimum Gasteiger partial charge on any atom is -0.333 e. The predicted molar refractivity (Wildman–Crippen MR) is 69.8 cm³/mol. The molecule has 0 saturated carbocycles. The molecule has 0 saturated heterocycles. The fraction of sp³-hybridized carbons (Fsp3) is 0.286. The van der Waals surface area contributed by atoms with E-state index < -0.39 is 0 Å². The van der Waals surface area contributed by atoms with Crippen LogP contribution in [-0.2, 0) is 13.1 Å². The molecule has 0 aliphatic heterocycles. The summed E-state index contributed by atoms with van der Waals surface area (Å²) in [6.45, 7) is 4.04. The van der Waals surface area contributed by atoms with Crippen LogP contribution >= 0.6 is 0 Å². The smallest absolute Gasteiger partial charge is 0.129 e. The summed E-state index contributed by atoms with van der Waals surface area (Å²) in [6.07, 6.45) is 3.57. The number of nitrogens with zero attached hydrogens (tertiary/aromatic N) is 3. The number of hydrogen-bond donors (Lipinski definition) is 1. The van der Waals surface area contributed by atoms with Gasteiger partial charge in [-0.25, -0.2) is 9.37 Å². The number of benzene rings is 1. The summed E-state index contributed by atoms with van der Waals surface area (Å²) in [5, 5.41) is 11.9. The Morgan fingerprint density at radius 1 is 1.47 bits per heavy atom. The van der Waals surface area contributed by atoms with E-state index in [9.17, 15) is 4.39 Å². The molecule has 0 unspecified atom stereocenters. The van der Waals surface area contributed by atoms with Crippen molar-refractivity contribution >= 4 is 0 Å². The van der Waals surface area contributed by atoms with E-state index in [2.05, 4.69) is 10.3 Å². The number of nitrogens with one attached hydrogen (secondary N) is 1. The lowest BCUT2D eigenvalue weighted by molar-refractivity contribution is 0.598. The van der Waals surface area contributed by atoms with Crippen LogP contribution < -0.4 is 5.32 Å². The van der Waals surface area contributed by atoms with Gasteiger partial charge in [-0.3, -0.25) is 0 Å². The van der Waals surface area contributed by atoms with E-state index in [1.54, 1.807) is 18.5 Å². The summed E-state index contributed by atoms with van der Waals surface area (Å²) < 4.78 is 15.6. The summed E-state index contributed by atoms with van der Waals surface area (Å²) in [7, 11) is 0. The van der Waals surface area contributed by atoms with Crippen LogP contribution in [0.25, 0.3) is 0 Å². The Hall–Kier alpha value is -2.19. The maximum atomic E-state index is 13.7. The van der Waals surface area contributed by atoms with Gasteiger partial charge in [0, 0.05) is 18.3 Å². The predicted octanol–water partition coefficient (Wildman–Crippen LogP) is 2.05. The van der Waals surface area contributed by atoms with Gasteiger partial charge in [-0.2, -0.15) is 5.26 Å². The third-order valence-corrected chi connectivity index (χ3v) is 2.78. The molecular weight excluding hydrogens is 243 g/mol. The minimum atomic E-state index is -0.360. The second kappa shape index (κ2) is 6.12. The Balaban J connectivity index is 2.09. The van der Waals surface area contributed by atoms with Gasteiger partial charge in [0.1, 0.15) is 5.82 Å². The first-order valence-corrected chi connectivity index (χ1v) is 6.13. The average Bonchev–Trinajstić information content (AvgIpc) is 2.86. The number of rotatable bonds is 5. The third-order valence-electron chi connectivity index (χ3n) is 2.78. The molecule has 1 heterocycles. The van der Waals surface area contributed by atoms with Crippen LogP contribution in [0.4, 0.5) is 4.39 Å². The van der Waals surface area contributed by atoms with Crippen LogP contribution in [-0.4, -0.2) is 16.1 Å². The number of nitriles is 1. The van der Waals surface area contributed by atoms with Crippen molar-refractivity contribution < 1.29 is 4.39 Å². The van der Waals surface area contributed by atoms with Crippen molar-refractivity contribution in [1.82, 2.24) is 14.9 Å². The molecule has 2 rings (SSSR count). The van der Waals surface area contributed by atoms with Crippen LogP contribution in [0.1, 0.15) is 23.7 Å². The molecule has 0 spiro atoms. The highest BCUT2D eigenvalue weighted by Gasteiger charge is 2.05. The van der Waals surface area contributed by atoms with Crippen molar-refractivity contribution in [3.63, 3.8) is 0 Å². The van der Waals surface area contributed by atoms with Crippen molar-refractivity contribution in [1.29, 1.82) is 5.26 Å². The zero-order valence-electron chi connectivity index (χ0n) is 10.7. The first-order valence-electron chi connectivity index (χ1n) is 6.13. The van der Waals surface area contributed by atoms with E-state index >= 15 is 0 Å². The standard InChI is InChI=1S/C14H15FN4/c1-2-17-7-13-9-19(10-18-13)8-12-4-3-11(6-16)5-14(12)15/h3-5,9-10,17H,2,7-8H2,1H3. The fourth-order valence-corrected chi connectivity index (χ4v) is 1.78. The number of imidazole rings is 1. The molecule has 4 nitrogen and oxygen atoms in total. The second-order valence-corrected chi connectivity index (χ2v) is 4.24. The van der Waals surface area contributed by atoms with Crippen LogP contribution in [0.15, 0.2) is 30.7 Å². The van der Waals surface area contributed by atoms with Crippen LogP contribution in [0, 0.1) is 17.1 Å². The molecule has 1 N–H and O–H groups in total. The van der Waals surface area contributed by atoms with Crippen molar-refractivity contribution in [2.75, 3.05) is 6.54 Å². The van der Waals surface area contributed by atoms with E-state index in [-0.39, 0.29) is 5.82 Å². The summed E-state index contributed by atoms with van der Waals surface area (Å²) in [5.74, 6) is -0.360. The maximum Gasteiger partial charge on any atom is 0.129 e. The molecule has 98 valence electrons. The molecule has 0 amide bonds. The lowest BCUT2D eigenvalue weighted by Gasteiger charge is -2.04. The van der Waals surface area contributed by atoms with Gasteiger partial charge in [-0.1, -0.05) is 13.0 Å². The summed E-state index contributed by atoms with van der Waals surface area (Å²) in [6, 6.07) is 6.43. The average molecular weight is 258 g/mol. The van der Waals surface area contributed by atoms with E-state index in [4.69, 9.17) is 5.26 Å². The highest BCUT2D eigenvalue weighted by atomic mass is 19.1. The Kier molecular flexibility index (Phi) is 4.26. The Bertz CT molecular complexity index is 598. The fourth-order valence-electron chi connectivity index (χ4n) is 1.78. The van der Waals surface area contributed by atoms with E-state index in [1.165, 1.54) is 6.07 Å². The molecule has 0 aliphatic rings. The number of aromatic nitrogens is 2. The van der Waals surface area contributed by atoms with E-state index in [1.807, 2.05) is 23.8 Å².